The average molecular weight is 217 g/mol. The summed E-state index contributed by atoms with van der Waals surface area (Å²) in [6.45, 7) is 18.4. The summed E-state index contributed by atoms with van der Waals surface area (Å²) in [7, 11) is 0. The lowest BCUT2D eigenvalue weighted by Gasteiger charge is -2.18. The highest BCUT2D eigenvalue weighted by atomic mass is 15.1. The van der Waals surface area contributed by atoms with E-state index in [2.05, 4.69) is 57.9 Å². The molecule has 0 unspecified atom stereocenters. The zero-order valence-electron chi connectivity index (χ0n) is 11.0. The summed E-state index contributed by atoms with van der Waals surface area (Å²) < 4.78 is 0. The molecule has 16 heavy (non-hydrogen) atoms. The third-order valence-corrected chi connectivity index (χ3v) is 3.12. The molecule has 0 N–H and O–H groups in total. The van der Waals surface area contributed by atoms with Gasteiger partial charge >= 0.3 is 0 Å². The summed E-state index contributed by atoms with van der Waals surface area (Å²) in [4.78, 5) is 2.30. The van der Waals surface area contributed by atoms with Crippen molar-refractivity contribution in [3.8, 4) is 0 Å². The average Bonchev–Trinajstić information content (AvgIpc) is 2.57. The minimum atomic E-state index is 0.0733. The second-order valence-electron chi connectivity index (χ2n) is 5.26. The highest BCUT2D eigenvalue weighted by Gasteiger charge is 2.17. The smallest absolute Gasteiger partial charge is 0.0429 e. The Hall–Kier alpha value is -1.24. The Labute approximate surface area is 99.8 Å². The SMILES string of the molecule is C=CC(C)(C)/C=C\C1=C(C)CN(C(=C)C)C1. The van der Waals surface area contributed by atoms with E-state index < -0.39 is 0 Å². The molecule has 0 aliphatic carbocycles. The van der Waals surface area contributed by atoms with Crippen LogP contribution in [0, 0.1) is 5.41 Å². The van der Waals surface area contributed by atoms with Crippen LogP contribution in [0.5, 0.6) is 0 Å². The Morgan fingerprint density at radius 3 is 2.44 bits per heavy atom. The highest BCUT2D eigenvalue weighted by Crippen LogP contribution is 2.24. The van der Waals surface area contributed by atoms with Crippen molar-refractivity contribution in [1.82, 2.24) is 4.90 Å². The molecule has 1 nitrogen and oxygen atoms in total. The van der Waals surface area contributed by atoms with E-state index in [1.165, 1.54) is 11.1 Å². The molecule has 0 saturated heterocycles. The fourth-order valence-corrected chi connectivity index (χ4v) is 1.63. The Morgan fingerprint density at radius 1 is 1.38 bits per heavy atom. The molecular weight excluding hydrogens is 194 g/mol. The van der Waals surface area contributed by atoms with E-state index in [1.54, 1.807) is 0 Å². The van der Waals surface area contributed by atoms with Crippen molar-refractivity contribution in [1.29, 1.82) is 0 Å². The molecule has 0 saturated carbocycles. The Balaban J connectivity index is 2.73. The number of rotatable bonds is 4. The molecule has 0 atom stereocenters. The van der Waals surface area contributed by atoms with Crippen LogP contribution in [-0.2, 0) is 0 Å². The minimum absolute atomic E-state index is 0.0733. The van der Waals surface area contributed by atoms with Gasteiger partial charge in [0.05, 0.1) is 0 Å². The van der Waals surface area contributed by atoms with E-state index in [1.807, 2.05) is 6.08 Å². The zero-order valence-corrected chi connectivity index (χ0v) is 11.0. The quantitative estimate of drug-likeness (QED) is 0.645. The summed E-state index contributed by atoms with van der Waals surface area (Å²) >= 11 is 0. The first kappa shape index (κ1) is 12.8. The first-order valence-electron chi connectivity index (χ1n) is 5.77. The second kappa shape index (κ2) is 4.73. The molecule has 1 aliphatic heterocycles. The molecule has 1 aliphatic rings. The van der Waals surface area contributed by atoms with Crippen LogP contribution in [0.3, 0.4) is 0 Å². The van der Waals surface area contributed by atoms with Crippen molar-refractivity contribution in [3.05, 3.63) is 48.2 Å². The standard InChI is InChI=1S/C15H23N/c1-7-15(5,6)9-8-14-11-16(12(2)3)10-13(14)4/h7-9H,1-2,10-11H2,3-6H3/b9-8-. The van der Waals surface area contributed by atoms with Crippen molar-refractivity contribution in [2.24, 2.45) is 5.41 Å². The second-order valence-corrected chi connectivity index (χ2v) is 5.26. The molecule has 0 amide bonds. The van der Waals surface area contributed by atoms with Crippen molar-refractivity contribution in [3.63, 3.8) is 0 Å². The normalized spacial score (nSPS) is 17.4. The minimum Gasteiger partial charge on any atom is -0.367 e. The first-order chi connectivity index (χ1) is 7.35. The summed E-state index contributed by atoms with van der Waals surface area (Å²) in [6.07, 6.45) is 6.44. The van der Waals surface area contributed by atoms with Gasteiger partial charge in [0.1, 0.15) is 0 Å². The fourth-order valence-electron chi connectivity index (χ4n) is 1.63. The summed E-state index contributed by atoms with van der Waals surface area (Å²) in [5.74, 6) is 0. The van der Waals surface area contributed by atoms with Gasteiger partial charge in [-0.3, -0.25) is 0 Å². The molecule has 0 fully saturated rings. The third kappa shape index (κ3) is 3.13. The Kier molecular flexibility index (Phi) is 3.79. The molecular formula is C15H23N. The van der Waals surface area contributed by atoms with E-state index >= 15 is 0 Å². The number of hydrogen-bond acceptors (Lipinski definition) is 1. The molecule has 1 heterocycles. The summed E-state index contributed by atoms with van der Waals surface area (Å²) in [5, 5.41) is 0. The van der Waals surface area contributed by atoms with Gasteiger partial charge in [0.2, 0.25) is 0 Å². The van der Waals surface area contributed by atoms with Crippen LogP contribution < -0.4 is 0 Å². The van der Waals surface area contributed by atoms with Crippen LogP contribution in [0.1, 0.15) is 27.7 Å². The van der Waals surface area contributed by atoms with E-state index in [-0.39, 0.29) is 5.41 Å². The summed E-state index contributed by atoms with van der Waals surface area (Å²) in [6, 6.07) is 0. The van der Waals surface area contributed by atoms with Crippen molar-refractivity contribution in [2.45, 2.75) is 27.7 Å². The number of allylic oxidation sites excluding steroid dienone is 3. The van der Waals surface area contributed by atoms with Crippen LogP contribution >= 0.6 is 0 Å². The predicted molar refractivity (Wildman–Crippen MR) is 72.2 cm³/mol. The van der Waals surface area contributed by atoms with E-state index in [0.29, 0.717) is 0 Å². The molecule has 1 rings (SSSR count). The van der Waals surface area contributed by atoms with Gasteiger partial charge in [0.25, 0.3) is 0 Å². The van der Waals surface area contributed by atoms with E-state index in [0.717, 1.165) is 18.8 Å². The number of hydrogen-bond donors (Lipinski definition) is 0. The van der Waals surface area contributed by atoms with Gasteiger partial charge in [-0.25, -0.2) is 0 Å². The molecule has 0 radical (unpaired) electrons. The molecule has 1 heteroatoms. The van der Waals surface area contributed by atoms with Crippen molar-refractivity contribution in [2.75, 3.05) is 13.1 Å². The monoisotopic (exact) mass is 217 g/mol. The van der Waals surface area contributed by atoms with Crippen molar-refractivity contribution >= 4 is 0 Å². The van der Waals surface area contributed by atoms with Gasteiger partial charge in [0, 0.05) is 24.2 Å². The number of nitrogens with zero attached hydrogens (tertiary/aromatic N) is 1. The lowest BCUT2D eigenvalue weighted by atomic mass is 9.92. The van der Waals surface area contributed by atoms with Gasteiger partial charge in [-0.1, -0.05) is 38.7 Å². The molecule has 0 spiro atoms. The van der Waals surface area contributed by atoms with Crippen LogP contribution in [0.15, 0.2) is 48.2 Å². The van der Waals surface area contributed by atoms with Crippen LogP contribution in [0.4, 0.5) is 0 Å². The van der Waals surface area contributed by atoms with Crippen molar-refractivity contribution < 1.29 is 0 Å². The Morgan fingerprint density at radius 2 is 2.00 bits per heavy atom. The lowest BCUT2D eigenvalue weighted by Crippen LogP contribution is -2.18. The fraction of sp³-hybridized carbons (Fsp3) is 0.467. The van der Waals surface area contributed by atoms with Gasteiger partial charge < -0.3 is 4.90 Å². The van der Waals surface area contributed by atoms with Crippen LogP contribution in [-0.4, -0.2) is 18.0 Å². The van der Waals surface area contributed by atoms with Gasteiger partial charge in [-0.15, -0.1) is 6.58 Å². The molecule has 0 bridgehead atoms. The van der Waals surface area contributed by atoms with Gasteiger partial charge in [-0.2, -0.15) is 0 Å². The summed E-state index contributed by atoms with van der Waals surface area (Å²) in [5.41, 5.74) is 4.08. The van der Waals surface area contributed by atoms with E-state index in [9.17, 15) is 0 Å². The predicted octanol–water partition coefficient (Wildman–Crippen LogP) is 3.92. The van der Waals surface area contributed by atoms with Gasteiger partial charge in [0.15, 0.2) is 0 Å². The molecule has 0 aromatic rings. The zero-order chi connectivity index (χ0) is 12.3. The van der Waals surface area contributed by atoms with Crippen LogP contribution in [0.2, 0.25) is 0 Å². The van der Waals surface area contributed by atoms with E-state index in [4.69, 9.17) is 0 Å². The molecule has 88 valence electrons. The largest absolute Gasteiger partial charge is 0.367 e. The topological polar surface area (TPSA) is 3.24 Å². The maximum Gasteiger partial charge on any atom is 0.0429 e. The first-order valence-corrected chi connectivity index (χ1v) is 5.77. The maximum absolute atomic E-state index is 3.99. The lowest BCUT2D eigenvalue weighted by molar-refractivity contribution is 0.438. The Bertz CT molecular complexity index is 356. The molecule has 0 aromatic carbocycles. The third-order valence-electron chi connectivity index (χ3n) is 3.12. The highest BCUT2D eigenvalue weighted by molar-refractivity contribution is 5.34. The molecule has 0 aromatic heterocycles. The van der Waals surface area contributed by atoms with Crippen LogP contribution in [0.25, 0.3) is 0 Å². The van der Waals surface area contributed by atoms with Gasteiger partial charge in [-0.05, 0) is 25.0 Å². The maximum atomic E-state index is 3.99.